The first kappa shape index (κ1) is 14.0. The summed E-state index contributed by atoms with van der Waals surface area (Å²) in [6.07, 6.45) is 11.1. The zero-order valence-electron chi connectivity index (χ0n) is 11.7. The number of hydrogen-bond donors (Lipinski definition) is 1. The van der Waals surface area contributed by atoms with Gasteiger partial charge in [-0.2, -0.15) is 0 Å². The predicted molar refractivity (Wildman–Crippen MR) is 79.2 cm³/mol. The smallest absolute Gasteiger partial charge is 0.0943 e. The maximum atomic E-state index is 4.61. The molecular formula is C15H26N2S. The van der Waals surface area contributed by atoms with Crippen LogP contribution < -0.4 is 5.32 Å². The van der Waals surface area contributed by atoms with Gasteiger partial charge in [0.2, 0.25) is 0 Å². The molecule has 1 fully saturated rings. The van der Waals surface area contributed by atoms with Crippen LogP contribution in [0.1, 0.15) is 55.6 Å². The van der Waals surface area contributed by atoms with E-state index < -0.39 is 0 Å². The molecule has 0 aliphatic heterocycles. The van der Waals surface area contributed by atoms with E-state index in [1.807, 2.05) is 11.3 Å². The van der Waals surface area contributed by atoms with Gasteiger partial charge in [-0.05, 0) is 32.7 Å². The van der Waals surface area contributed by atoms with Crippen LogP contribution in [-0.4, -0.2) is 18.1 Å². The Morgan fingerprint density at radius 2 is 1.94 bits per heavy atom. The van der Waals surface area contributed by atoms with Gasteiger partial charge in [-0.3, -0.25) is 0 Å². The maximum absolute atomic E-state index is 4.61. The molecule has 1 aromatic rings. The summed E-state index contributed by atoms with van der Waals surface area (Å²) in [5, 5.41) is 7.01. The summed E-state index contributed by atoms with van der Waals surface area (Å²) in [7, 11) is 2.11. The number of likely N-dealkylation sites (N-methyl/N-ethyl adjacent to an activating group) is 1. The second-order valence-electron chi connectivity index (χ2n) is 5.59. The summed E-state index contributed by atoms with van der Waals surface area (Å²) in [5.74, 6) is 0.847. The van der Waals surface area contributed by atoms with Gasteiger partial charge in [0.1, 0.15) is 0 Å². The van der Waals surface area contributed by atoms with E-state index in [4.69, 9.17) is 0 Å². The molecule has 2 nitrogen and oxygen atoms in total. The molecule has 1 unspecified atom stereocenters. The monoisotopic (exact) mass is 266 g/mol. The summed E-state index contributed by atoms with van der Waals surface area (Å²) >= 11 is 1.82. The lowest BCUT2D eigenvalue weighted by atomic mass is 9.84. The average molecular weight is 266 g/mol. The molecule has 1 heterocycles. The van der Waals surface area contributed by atoms with Crippen molar-refractivity contribution < 1.29 is 0 Å². The van der Waals surface area contributed by atoms with Crippen LogP contribution in [-0.2, 0) is 6.42 Å². The third-order valence-electron chi connectivity index (χ3n) is 4.15. The minimum atomic E-state index is 0.619. The van der Waals surface area contributed by atoms with Gasteiger partial charge in [0, 0.05) is 23.5 Å². The molecule has 0 amide bonds. The van der Waals surface area contributed by atoms with Crippen molar-refractivity contribution in [2.45, 2.75) is 64.3 Å². The van der Waals surface area contributed by atoms with Crippen molar-refractivity contribution in [2.24, 2.45) is 5.92 Å². The Hall–Kier alpha value is -0.410. The second-order valence-corrected chi connectivity index (χ2v) is 6.53. The van der Waals surface area contributed by atoms with Crippen molar-refractivity contribution >= 4 is 11.3 Å². The SMILES string of the molecule is CNC(Cc1nc(C)cs1)C1CCCCCCC1. The molecule has 1 aliphatic rings. The third kappa shape index (κ3) is 4.06. The molecule has 1 N–H and O–H groups in total. The van der Waals surface area contributed by atoms with Gasteiger partial charge in [-0.15, -0.1) is 11.3 Å². The molecule has 0 aromatic carbocycles. The van der Waals surface area contributed by atoms with E-state index in [0.29, 0.717) is 6.04 Å². The molecule has 3 heteroatoms. The van der Waals surface area contributed by atoms with Crippen molar-refractivity contribution in [1.82, 2.24) is 10.3 Å². The summed E-state index contributed by atoms with van der Waals surface area (Å²) in [4.78, 5) is 4.61. The zero-order valence-corrected chi connectivity index (χ0v) is 12.6. The standard InChI is InChI=1S/C15H26N2S/c1-12-11-18-15(17-12)10-14(16-2)13-8-6-4-3-5-7-9-13/h11,13-14,16H,3-10H2,1-2H3. The van der Waals surface area contributed by atoms with Crippen LogP contribution in [0.4, 0.5) is 0 Å². The van der Waals surface area contributed by atoms with Gasteiger partial charge in [-0.25, -0.2) is 4.98 Å². The van der Waals surface area contributed by atoms with E-state index in [0.717, 1.165) is 12.3 Å². The molecule has 102 valence electrons. The van der Waals surface area contributed by atoms with Gasteiger partial charge >= 0.3 is 0 Å². The Balaban J connectivity index is 1.93. The summed E-state index contributed by atoms with van der Waals surface area (Å²) < 4.78 is 0. The lowest BCUT2D eigenvalue weighted by Gasteiger charge is -2.28. The fraction of sp³-hybridized carbons (Fsp3) is 0.800. The number of rotatable bonds is 4. The van der Waals surface area contributed by atoms with E-state index in [1.54, 1.807) is 0 Å². The fourth-order valence-corrected chi connectivity index (χ4v) is 3.91. The van der Waals surface area contributed by atoms with Gasteiger partial charge in [0.25, 0.3) is 0 Å². The number of thiazole rings is 1. The highest BCUT2D eigenvalue weighted by Gasteiger charge is 2.21. The lowest BCUT2D eigenvalue weighted by molar-refractivity contribution is 0.293. The number of aromatic nitrogens is 1. The van der Waals surface area contributed by atoms with Crippen LogP contribution in [0, 0.1) is 12.8 Å². The van der Waals surface area contributed by atoms with Crippen molar-refractivity contribution in [1.29, 1.82) is 0 Å². The topological polar surface area (TPSA) is 24.9 Å². The molecule has 0 radical (unpaired) electrons. The highest BCUT2D eigenvalue weighted by molar-refractivity contribution is 7.09. The first-order valence-corrected chi connectivity index (χ1v) is 8.26. The summed E-state index contributed by atoms with van der Waals surface area (Å²) in [6, 6.07) is 0.619. The molecule has 2 rings (SSSR count). The van der Waals surface area contributed by atoms with Crippen LogP contribution in [0.2, 0.25) is 0 Å². The van der Waals surface area contributed by atoms with Crippen LogP contribution in [0.15, 0.2) is 5.38 Å². The highest BCUT2D eigenvalue weighted by Crippen LogP contribution is 2.27. The zero-order chi connectivity index (χ0) is 12.8. The first-order valence-electron chi connectivity index (χ1n) is 7.38. The van der Waals surface area contributed by atoms with Gasteiger partial charge < -0.3 is 5.32 Å². The van der Waals surface area contributed by atoms with Crippen LogP contribution in [0.5, 0.6) is 0 Å². The Morgan fingerprint density at radius 3 is 2.50 bits per heavy atom. The Morgan fingerprint density at radius 1 is 1.28 bits per heavy atom. The highest BCUT2D eigenvalue weighted by atomic mass is 32.1. The third-order valence-corrected chi connectivity index (χ3v) is 5.14. The van der Waals surface area contributed by atoms with Crippen molar-refractivity contribution in [3.8, 4) is 0 Å². The fourth-order valence-electron chi connectivity index (χ4n) is 3.08. The van der Waals surface area contributed by atoms with E-state index in [-0.39, 0.29) is 0 Å². The van der Waals surface area contributed by atoms with Crippen LogP contribution in [0.3, 0.4) is 0 Å². The molecule has 18 heavy (non-hydrogen) atoms. The molecule has 0 saturated heterocycles. The predicted octanol–water partition coefficient (Wildman–Crippen LogP) is 3.94. The largest absolute Gasteiger partial charge is 0.316 e. The number of nitrogens with one attached hydrogen (secondary N) is 1. The van der Waals surface area contributed by atoms with E-state index in [1.165, 1.54) is 55.6 Å². The van der Waals surface area contributed by atoms with Crippen molar-refractivity contribution in [2.75, 3.05) is 7.05 Å². The van der Waals surface area contributed by atoms with Gasteiger partial charge in [0.15, 0.2) is 0 Å². The maximum Gasteiger partial charge on any atom is 0.0943 e. The normalized spacial score (nSPS) is 20.3. The molecule has 1 aliphatic carbocycles. The minimum Gasteiger partial charge on any atom is -0.316 e. The van der Waals surface area contributed by atoms with Crippen LogP contribution >= 0.6 is 11.3 Å². The molecule has 1 saturated carbocycles. The minimum absolute atomic E-state index is 0.619. The molecule has 1 atom stereocenters. The van der Waals surface area contributed by atoms with Crippen molar-refractivity contribution in [3.05, 3.63) is 16.1 Å². The second kappa shape index (κ2) is 7.25. The number of hydrogen-bond acceptors (Lipinski definition) is 3. The van der Waals surface area contributed by atoms with E-state index in [2.05, 4.69) is 29.7 Å². The van der Waals surface area contributed by atoms with Gasteiger partial charge in [0.05, 0.1) is 5.01 Å². The molecule has 0 spiro atoms. The molecule has 0 bridgehead atoms. The lowest BCUT2D eigenvalue weighted by Crippen LogP contribution is -2.36. The summed E-state index contributed by atoms with van der Waals surface area (Å²) in [5.41, 5.74) is 1.17. The Labute approximate surface area is 115 Å². The summed E-state index contributed by atoms with van der Waals surface area (Å²) in [6.45, 7) is 2.09. The average Bonchev–Trinajstić information content (AvgIpc) is 2.72. The van der Waals surface area contributed by atoms with E-state index in [9.17, 15) is 0 Å². The number of nitrogens with zero attached hydrogens (tertiary/aromatic N) is 1. The van der Waals surface area contributed by atoms with Gasteiger partial charge in [-0.1, -0.05) is 32.1 Å². The number of aryl methyl sites for hydroxylation is 1. The first-order chi connectivity index (χ1) is 8.79. The molecule has 1 aromatic heterocycles. The Bertz CT molecular complexity index is 340. The Kier molecular flexibility index (Phi) is 5.64. The van der Waals surface area contributed by atoms with Crippen molar-refractivity contribution in [3.63, 3.8) is 0 Å². The van der Waals surface area contributed by atoms with Crippen LogP contribution in [0.25, 0.3) is 0 Å². The molecular weight excluding hydrogens is 240 g/mol. The quantitative estimate of drug-likeness (QED) is 0.893. The van der Waals surface area contributed by atoms with E-state index >= 15 is 0 Å².